The van der Waals surface area contributed by atoms with Crippen LogP contribution in [0.1, 0.15) is 32.3 Å². The highest BCUT2D eigenvalue weighted by atomic mass is 35.5. The van der Waals surface area contributed by atoms with Crippen LogP contribution in [0.15, 0.2) is 24.3 Å². The maximum absolute atomic E-state index is 11.9. The molecular formula is C15H20ClNO4. The number of ether oxygens (including phenoxy) is 1. The zero-order chi connectivity index (χ0) is 16.2. The maximum Gasteiger partial charge on any atom is 0.410 e. The molecule has 0 bridgehead atoms. The number of hydrogen-bond donors (Lipinski definition) is 1. The zero-order valence-electron chi connectivity index (χ0n) is 12.6. The predicted octanol–water partition coefficient (Wildman–Crippen LogP) is 3.38. The number of aliphatic carboxylic acids is 1. The Morgan fingerprint density at radius 1 is 1.38 bits per heavy atom. The van der Waals surface area contributed by atoms with Crippen LogP contribution in [0.5, 0.6) is 0 Å². The molecule has 0 heterocycles. The van der Waals surface area contributed by atoms with Gasteiger partial charge in [0.2, 0.25) is 0 Å². The summed E-state index contributed by atoms with van der Waals surface area (Å²) in [7, 11) is 1.51. The Bertz CT molecular complexity index is 525. The van der Waals surface area contributed by atoms with E-state index in [-0.39, 0.29) is 6.54 Å². The van der Waals surface area contributed by atoms with Gasteiger partial charge in [0.15, 0.2) is 0 Å². The topological polar surface area (TPSA) is 66.8 Å². The number of carbonyl (C=O) groups excluding carboxylic acids is 1. The van der Waals surface area contributed by atoms with E-state index in [9.17, 15) is 14.7 Å². The average Bonchev–Trinajstić information content (AvgIpc) is 2.33. The molecule has 1 aromatic rings. The molecule has 1 amide bonds. The Hall–Kier alpha value is -1.75. The average molecular weight is 314 g/mol. The molecule has 0 unspecified atom stereocenters. The summed E-state index contributed by atoms with van der Waals surface area (Å²) in [4.78, 5) is 24.6. The van der Waals surface area contributed by atoms with Crippen LogP contribution >= 0.6 is 11.6 Å². The first-order chi connectivity index (χ1) is 9.60. The highest BCUT2D eigenvalue weighted by Gasteiger charge is 2.26. The van der Waals surface area contributed by atoms with Crippen LogP contribution in [0.4, 0.5) is 4.79 Å². The molecule has 0 saturated heterocycles. The van der Waals surface area contributed by atoms with Crippen LogP contribution in [0.25, 0.3) is 0 Å². The molecule has 0 fully saturated rings. The summed E-state index contributed by atoms with van der Waals surface area (Å²) >= 11 is 5.88. The lowest BCUT2D eigenvalue weighted by Gasteiger charge is -2.26. The molecule has 0 aromatic heterocycles. The molecule has 0 radical (unpaired) electrons. The molecule has 6 heteroatoms. The summed E-state index contributed by atoms with van der Waals surface area (Å²) in [5, 5.41) is 9.82. The Morgan fingerprint density at radius 3 is 2.48 bits per heavy atom. The number of rotatable bonds is 4. The molecule has 1 atom stereocenters. The third kappa shape index (κ3) is 5.63. The van der Waals surface area contributed by atoms with E-state index in [2.05, 4.69) is 0 Å². The number of halogens is 1. The van der Waals surface area contributed by atoms with Gasteiger partial charge in [0.25, 0.3) is 0 Å². The van der Waals surface area contributed by atoms with E-state index >= 15 is 0 Å². The molecule has 116 valence electrons. The first-order valence-corrected chi connectivity index (χ1v) is 6.90. The minimum absolute atomic E-state index is 0.00455. The van der Waals surface area contributed by atoms with Crippen LogP contribution in [0, 0.1) is 0 Å². The molecule has 0 aliphatic carbocycles. The van der Waals surface area contributed by atoms with Gasteiger partial charge in [-0.3, -0.25) is 4.79 Å². The van der Waals surface area contributed by atoms with Crippen molar-refractivity contribution >= 4 is 23.7 Å². The van der Waals surface area contributed by atoms with Crippen molar-refractivity contribution < 1.29 is 19.4 Å². The van der Waals surface area contributed by atoms with Crippen molar-refractivity contribution in [2.24, 2.45) is 0 Å². The summed E-state index contributed by atoms with van der Waals surface area (Å²) in [6.45, 7) is 5.27. The van der Waals surface area contributed by atoms with E-state index < -0.39 is 23.6 Å². The van der Waals surface area contributed by atoms with Crippen LogP contribution in [0.3, 0.4) is 0 Å². The minimum atomic E-state index is -1.02. The van der Waals surface area contributed by atoms with Gasteiger partial charge in [-0.15, -0.1) is 0 Å². The van der Waals surface area contributed by atoms with E-state index in [0.29, 0.717) is 10.6 Å². The number of nitrogens with zero attached hydrogens (tertiary/aromatic N) is 1. The van der Waals surface area contributed by atoms with Crippen LogP contribution < -0.4 is 0 Å². The van der Waals surface area contributed by atoms with Crippen molar-refractivity contribution in [2.75, 3.05) is 13.6 Å². The van der Waals surface area contributed by atoms with Crippen molar-refractivity contribution in [1.29, 1.82) is 0 Å². The predicted molar refractivity (Wildman–Crippen MR) is 80.7 cm³/mol. The van der Waals surface area contributed by atoms with Gasteiger partial charge < -0.3 is 14.7 Å². The van der Waals surface area contributed by atoms with Gasteiger partial charge in [0, 0.05) is 18.6 Å². The number of likely N-dealkylation sites (N-methyl/N-ethyl adjacent to an activating group) is 1. The van der Waals surface area contributed by atoms with Crippen molar-refractivity contribution in [3.63, 3.8) is 0 Å². The van der Waals surface area contributed by atoms with Crippen molar-refractivity contribution in [3.8, 4) is 0 Å². The van der Waals surface area contributed by atoms with Crippen LogP contribution in [-0.2, 0) is 9.53 Å². The molecule has 21 heavy (non-hydrogen) atoms. The maximum atomic E-state index is 11.9. The first kappa shape index (κ1) is 17.3. The summed E-state index contributed by atoms with van der Waals surface area (Å²) in [5.74, 6) is -1.88. The second kappa shape index (κ2) is 6.80. The van der Waals surface area contributed by atoms with Gasteiger partial charge in [-0.05, 0) is 38.5 Å². The number of benzene rings is 1. The number of amides is 1. The van der Waals surface area contributed by atoms with Gasteiger partial charge in [-0.25, -0.2) is 4.79 Å². The Kier molecular flexibility index (Phi) is 5.61. The summed E-state index contributed by atoms with van der Waals surface area (Å²) in [6, 6.07) is 6.61. The van der Waals surface area contributed by atoms with Gasteiger partial charge in [-0.1, -0.05) is 23.7 Å². The lowest BCUT2D eigenvalue weighted by molar-refractivity contribution is -0.139. The second-order valence-corrected chi connectivity index (χ2v) is 6.24. The van der Waals surface area contributed by atoms with Crippen molar-refractivity contribution in [3.05, 3.63) is 34.9 Å². The van der Waals surface area contributed by atoms with Crippen molar-refractivity contribution in [2.45, 2.75) is 32.3 Å². The Balaban J connectivity index is 2.85. The van der Waals surface area contributed by atoms with E-state index in [0.717, 1.165) is 0 Å². The fraction of sp³-hybridized carbons (Fsp3) is 0.467. The normalized spacial score (nSPS) is 12.6. The van der Waals surface area contributed by atoms with E-state index in [1.165, 1.54) is 11.9 Å². The first-order valence-electron chi connectivity index (χ1n) is 6.52. The number of carboxylic acids is 1. The Labute approximate surface area is 129 Å². The summed E-state index contributed by atoms with van der Waals surface area (Å²) < 4.78 is 5.21. The third-order valence-electron chi connectivity index (χ3n) is 2.71. The number of carboxylic acid groups (broad SMARTS) is 1. The lowest BCUT2D eigenvalue weighted by Crippen LogP contribution is -2.38. The molecular weight excluding hydrogens is 294 g/mol. The number of hydrogen-bond acceptors (Lipinski definition) is 3. The fourth-order valence-corrected chi connectivity index (χ4v) is 1.94. The molecule has 5 nitrogen and oxygen atoms in total. The quantitative estimate of drug-likeness (QED) is 0.925. The zero-order valence-corrected chi connectivity index (χ0v) is 13.3. The van der Waals surface area contributed by atoms with Gasteiger partial charge >= 0.3 is 12.1 Å². The summed E-state index contributed by atoms with van der Waals surface area (Å²) in [6.07, 6.45) is -0.559. The van der Waals surface area contributed by atoms with Gasteiger partial charge in [0.1, 0.15) is 5.60 Å². The Morgan fingerprint density at radius 2 is 2.00 bits per heavy atom. The van der Waals surface area contributed by atoms with Crippen LogP contribution in [0.2, 0.25) is 5.02 Å². The minimum Gasteiger partial charge on any atom is -0.481 e. The SMILES string of the molecule is CN(C[C@H](C(=O)O)c1cccc(Cl)c1)C(=O)OC(C)(C)C. The highest BCUT2D eigenvalue weighted by Crippen LogP contribution is 2.21. The van der Waals surface area contributed by atoms with Gasteiger partial charge in [0.05, 0.1) is 5.92 Å². The second-order valence-electron chi connectivity index (χ2n) is 5.81. The third-order valence-corrected chi connectivity index (χ3v) is 2.95. The molecule has 1 N–H and O–H groups in total. The summed E-state index contributed by atoms with van der Waals surface area (Å²) in [5.41, 5.74) is -0.0782. The van der Waals surface area contributed by atoms with Crippen molar-refractivity contribution in [1.82, 2.24) is 4.90 Å². The molecule has 1 aromatic carbocycles. The standard InChI is InChI=1S/C15H20ClNO4/c1-15(2,3)21-14(20)17(4)9-12(13(18)19)10-6-5-7-11(16)8-10/h5-8,12H,9H2,1-4H3,(H,18,19)/t12-/m0/s1. The number of carbonyl (C=O) groups is 2. The van der Waals surface area contributed by atoms with E-state index in [1.54, 1.807) is 45.0 Å². The molecule has 0 saturated carbocycles. The molecule has 0 aliphatic heterocycles. The van der Waals surface area contributed by atoms with Crippen LogP contribution in [-0.4, -0.2) is 41.3 Å². The largest absolute Gasteiger partial charge is 0.481 e. The van der Waals surface area contributed by atoms with Gasteiger partial charge in [-0.2, -0.15) is 0 Å². The monoisotopic (exact) mass is 313 g/mol. The van der Waals surface area contributed by atoms with E-state index in [1.807, 2.05) is 0 Å². The fourth-order valence-electron chi connectivity index (χ4n) is 1.74. The molecule has 0 aliphatic rings. The molecule has 0 spiro atoms. The highest BCUT2D eigenvalue weighted by molar-refractivity contribution is 6.30. The smallest absolute Gasteiger partial charge is 0.410 e. The lowest BCUT2D eigenvalue weighted by atomic mass is 9.99. The van der Waals surface area contributed by atoms with E-state index in [4.69, 9.17) is 16.3 Å². The molecule has 1 rings (SSSR count).